The van der Waals surface area contributed by atoms with Crippen molar-refractivity contribution in [3.63, 3.8) is 0 Å². The van der Waals surface area contributed by atoms with Crippen molar-refractivity contribution in [3.05, 3.63) is 33.9 Å². The number of carbonyl (C=O) groups excluding carboxylic acids is 3. The minimum absolute atomic E-state index is 0.00489. The van der Waals surface area contributed by atoms with Gasteiger partial charge in [0.05, 0.1) is 21.6 Å². The van der Waals surface area contributed by atoms with Crippen molar-refractivity contribution >= 4 is 51.6 Å². The predicted molar refractivity (Wildman–Crippen MR) is 145 cm³/mol. The molecule has 1 aromatic carbocycles. The standard InChI is InChI=1S/C28H37Cl2N3O3/c1-17(31-3)27(35)13-21(19-8-5-4-6-9-19)28(36)33-11-7-10-20(33)15-32-16-23(18(2)34)22-12-24(29)25(30)14-26(22)32/h12,14,16-17,19-21,31H,4-11,13,15H2,1-3H3/t17-,20-,21-/m0/s1. The number of likely N-dealkylation sites (N-methyl/N-ethyl adjacent to an activating group) is 1. The van der Waals surface area contributed by atoms with E-state index in [1.165, 1.54) is 6.42 Å². The fraction of sp³-hybridized carbons (Fsp3) is 0.607. The molecule has 0 bridgehead atoms. The second kappa shape index (κ2) is 11.7. The zero-order valence-electron chi connectivity index (χ0n) is 21.5. The highest BCUT2D eigenvalue weighted by molar-refractivity contribution is 6.43. The molecule has 8 heteroatoms. The van der Waals surface area contributed by atoms with E-state index in [2.05, 4.69) is 5.32 Å². The van der Waals surface area contributed by atoms with Crippen LogP contribution in [0, 0.1) is 11.8 Å². The highest BCUT2D eigenvalue weighted by atomic mass is 35.5. The lowest BCUT2D eigenvalue weighted by atomic mass is 9.76. The van der Waals surface area contributed by atoms with E-state index in [-0.39, 0.29) is 41.4 Å². The first-order chi connectivity index (χ1) is 17.2. The molecule has 2 fully saturated rings. The lowest BCUT2D eigenvalue weighted by Gasteiger charge is -2.35. The van der Waals surface area contributed by atoms with Gasteiger partial charge in [-0.2, -0.15) is 0 Å². The Morgan fingerprint density at radius 2 is 1.75 bits per heavy atom. The van der Waals surface area contributed by atoms with Crippen LogP contribution >= 0.6 is 23.2 Å². The molecule has 0 radical (unpaired) electrons. The van der Waals surface area contributed by atoms with Crippen LogP contribution in [-0.2, 0) is 16.1 Å². The number of fused-ring (bicyclic) bond motifs is 1. The van der Waals surface area contributed by atoms with Crippen LogP contribution in [0.4, 0.5) is 0 Å². The smallest absolute Gasteiger partial charge is 0.226 e. The molecule has 2 aromatic rings. The number of rotatable bonds is 9. The highest BCUT2D eigenvalue weighted by Gasteiger charge is 2.39. The van der Waals surface area contributed by atoms with E-state index in [1.54, 1.807) is 26.1 Å². The normalized spacial score (nSPS) is 20.6. The van der Waals surface area contributed by atoms with E-state index in [1.807, 2.05) is 22.6 Å². The van der Waals surface area contributed by atoms with E-state index in [4.69, 9.17) is 23.2 Å². The fourth-order valence-corrected chi connectivity index (χ4v) is 6.34. The van der Waals surface area contributed by atoms with E-state index in [0.717, 1.165) is 49.4 Å². The summed E-state index contributed by atoms with van der Waals surface area (Å²) in [7, 11) is 1.78. The van der Waals surface area contributed by atoms with Gasteiger partial charge < -0.3 is 14.8 Å². The number of aromatic nitrogens is 1. The van der Waals surface area contributed by atoms with Crippen LogP contribution in [-0.4, -0.2) is 52.6 Å². The van der Waals surface area contributed by atoms with Crippen LogP contribution in [0.15, 0.2) is 18.3 Å². The SMILES string of the molecule is CN[C@@H](C)C(=O)C[C@H](C(=O)N1CCC[C@H]1Cn1cc(C(C)=O)c2cc(Cl)c(Cl)cc21)C1CCCCC1. The number of nitrogens with one attached hydrogen (secondary N) is 1. The molecule has 6 nitrogen and oxygen atoms in total. The summed E-state index contributed by atoms with van der Waals surface area (Å²) < 4.78 is 2.04. The van der Waals surface area contributed by atoms with Crippen molar-refractivity contribution in [2.24, 2.45) is 11.8 Å². The van der Waals surface area contributed by atoms with Crippen LogP contribution < -0.4 is 5.32 Å². The van der Waals surface area contributed by atoms with Crippen molar-refractivity contribution in [3.8, 4) is 0 Å². The molecular weight excluding hydrogens is 497 g/mol. The number of hydrogen-bond donors (Lipinski definition) is 1. The van der Waals surface area contributed by atoms with Gasteiger partial charge in [0.1, 0.15) is 5.78 Å². The Bertz CT molecular complexity index is 1140. The number of amides is 1. The number of nitrogens with zero attached hydrogens (tertiary/aromatic N) is 2. The largest absolute Gasteiger partial charge is 0.345 e. The summed E-state index contributed by atoms with van der Waals surface area (Å²) in [6.07, 6.45) is 9.46. The van der Waals surface area contributed by atoms with Gasteiger partial charge >= 0.3 is 0 Å². The topological polar surface area (TPSA) is 71.4 Å². The van der Waals surface area contributed by atoms with Gasteiger partial charge in [0.25, 0.3) is 0 Å². The lowest BCUT2D eigenvalue weighted by Crippen LogP contribution is -2.45. The number of carbonyl (C=O) groups is 3. The third-order valence-corrected chi connectivity index (χ3v) is 8.97. The van der Waals surface area contributed by atoms with Crippen LogP contribution in [0.5, 0.6) is 0 Å². The third-order valence-electron chi connectivity index (χ3n) is 8.24. The number of halogens is 2. The van der Waals surface area contributed by atoms with Crippen molar-refractivity contribution in [1.82, 2.24) is 14.8 Å². The summed E-state index contributed by atoms with van der Waals surface area (Å²) in [6.45, 7) is 4.69. The molecule has 1 N–H and O–H groups in total. The highest BCUT2D eigenvalue weighted by Crippen LogP contribution is 2.36. The van der Waals surface area contributed by atoms with Gasteiger partial charge in [0.2, 0.25) is 5.91 Å². The molecule has 1 saturated heterocycles. The molecule has 0 unspecified atom stereocenters. The van der Waals surface area contributed by atoms with Crippen LogP contribution in [0.1, 0.15) is 75.6 Å². The molecule has 4 rings (SSSR count). The molecule has 1 aliphatic heterocycles. The first-order valence-electron chi connectivity index (χ1n) is 13.2. The average Bonchev–Trinajstić information content (AvgIpc) is 3.47. The molecule has 1 aliphatic carbocycles. The number of Topliss-reactive ketones (excluding diaryl/α,β-unsaturated/α-hetero) is 2. The van der Waals surface area contributed by atoms with Gasteiger partial charge in [-0.3, -0.25) is 14.4 Å². The maximum atomic E-state index is 14.0. The molecule has 1 aromatic heterocycles. The summed E-state index contributed by atoms with van der Waals surface area (Å²) in [5.74, 6) is 0.178. The summed E-state index contributed by atoms with van der Waals surface area (Å²) >= 11 is 12.6. The zero-order chi connectivity index (χ0) is 26.0. The van der Waals surface area contributed by atoms with E-state index in [9.17, 15) is 14.4 Å². The van der Waals surface area contributed by atoms with E-state index in [0.29, 0.717) is 35.1 Å². The Balaban J connectivity index is 1.60. The second-order valence-corrected chi connectivity index (χ2v) is 11.4. The number of benzene rings is 1. The molecule has 36 heavy (non-hydrogen) atoms. The van der Waals surface area contributed by atoms with Crippen molar-refractivity contribution in [2.45, 2.75) is 83.8 Å². The average molecular weight is 535 g/mol. The molecule has 2 heterocycles. The quantitative estimate of drug-likeness (QED) is 0.407. The van der Waals surface area contributed by atoms with Gasteiger partial charge in [-0.25, -0.2) is 0 Å². The van der Waals surface area contributed by atoms with Crippen LogP contribution in [0.25, 0.3) is 10.9 Å². The number of hydrogen-bond acceptors (Lipinski definition) is 4. The minimum atomic E-state index is -0.267. The Morgan fingerprint density at radius 1 is 1.06 bits per heavy atom. The molecule has 1 amide bonds. The number of likely N-dealkylation sites (tertiary alicyclic amines) is 1. The molecule has 1 saturated carbocycles. The third kappa shape index (κ3) is 5.66. The lowest BCUT2D eigenvalue weighted by molar-refractivity contribution is -0.141. The monoisotopic (exact) mass is 533 g/mol. The van der Waals surface area contributed by atoms with E-state index >= 15 is 0 Å². The molecular formula is C28H37Cl2N3O3. The first-order valence-corrected chi connectivity index (χ1v) is 14.0. The van der Waals surface area contributed by atoms with Gasteiger partial charge in [-0.05, 0) is 64.6 Å². The molecule has 196 valence electrons. The molecule has 0 spiro atoms. The van der Waals surface area contributed by atoms with Crippen LogP contribution in [0.3, 0.4) is 0 Å². The summed E-state index contributed by atoms with van der Waals surface area (Å²) in [5.41, 5.74) is 1.45. The molecule has 3 atom stereocenters. The maximum Gasteiger partial charge on any atom is 0.226 e. The Labute approximate surface area is 223 Å². The van der Waals surface area contributed by atoms with E-state index < -0.39 is 0 Å². The van der Waals surface area contributed by atoms with Crippen LogP contribution in [0.2, 0.25) is 10.0 Å². The summed E-state index contributed by atoms with van der Waals surface area (Å²) in [6, 6.07) is 3.30. The summed E-state index contributed by atoms with van der Waals surface area (Å²) in [5, 5.41) is 4.66. The number of ketones is 2. The Morgan fingerprint density at radius 3 is 2.42 bits per heavy atom. The van der Waals surface area contributed by atoms with Crippen molar-refractivity contribution in [1.29, 1.82) is 0 Å². The van der Waals surface area contributed by atoms with Gasteiger partial charge in [0.15, 0.2) is 5.78 Å². The second-order valence-electron chi connectivity index (χ2n) is 10.5. The molecule has 2 aliphatic rings. The van der Waals surface area contributed by atoms with Gasteiger partial charge in [0, 0.05) is 48.6 Å². The summed E-state index contributed by atoms with van der Waals surface area (Å²) in [4.78, 5) is 41.3. The minimum Gasteiger partial charge on any atom is -0.345 e. The van der Waals surface area contributed by atoms with Crippen molar-refractivity contribution in [2.75, 3.05) is 13.6 Å². The van der Waals surface area contributed by atoms with Gasteiger partial charge in [-0.15, -0.1) is 0 Å². The first kappa shape index (κ1) is 27.2. The Kier molecular flexibility index (Phi) is 8.79. The Hall–Kier alpha value is -1.89. The fourth-order valence-electron chi connectivity index (χ4n) is 6.02. The predicted octanol–water partition coefficient (Wildman–Crippen LogP) is 5.91. The maximum absolute atomic E-state index is 14.0. The van der Waals surface area contributed by atoms with Crippen molar-refractivity contribution < 1.29 is 14.4 Å². The van der Waals surface area contributed by atoms with Gasteiger partial charge in [-0.1, -0.05) is 42.5 Å². The zero-order valence-corrected chi connectivity index (χ0v) is 23.0.